The van der Waals surface area contributed by atoms with Crippen LogP contribution in [-0.2, 0) is 0 Å². The molecule has 0 fully saturated rings. The van der Waals surface area contributed by atoms with Gasteiger partial charge in [-0.3, -0.25) is 9.36 Å². The minimum Gasteiger partial charge on any atom is -0.306 e. The zero-order valence-electron chi connectivity index (χ0n) is 14.1. The molecule has 2 aromatic carbocycles. The lowest BCUT2D eigenvalue weighted by atomic mass is 10.2. The van der Waals surface area contributed by atoms with Crippen molar-refractivity contribution in [2.75, 3.05) is 5.32 Å². The van der Waals surface area contributed by atoms with Crippen molar-refractivity contribution in [1.29, 1.82) is 0 Å². The summed E-state index contributed by atoms with van der Waals surface area (Å²) in [5.74, 6) is 0.361. The fourth-order valence-electron chi connectivity index (χ4n) is 3.06. The van der Waals surface area contributed by atoms with Crippen LogP contribution < -0.4 is 5.32 Å². The quantitative estimate of drug-likeness (QED) is 0.539. The predicted octanol–water partition coefficient (Wildman–Crippen LogP) is 3.32. The number of aromatic nitrogens is 5. The maximum absolute atomic E-state index is 12.6. The van der Waals surface area contributed by atoms with Crippen LogP contribution in [0.4, 0.5) is 5.82 Å². The van der Waals surface area contributed by atoms with Gasteiger partial charge in [-0.1, -0.05) is 12.1 Å². The number of benzene rings is 2. The number of nitrogens with one attached hydrogen (secondary N) is 1. The topological polar surface area (TPSA) is 77.1 Å². The second-order valence-corrected chi connectivity index (χ2v) is 6.04. The first-order valence-electron chi connectivity index (χ1n) is 8.42. The summed E-state index contributed by atoms with van der Waals surface area (Å²) in [4.78, 5) is 21.2. The molecule has 5 aromatic rings. The van der Waals surface area contributed by atoms with Gasteiger partial charge in [0, 0.05) is 23.5 Å². The van der Waals surface area contributed by atoms with E-state index in [0.29, 0.717) is 17.0 Å². The van der Waals surface area contributed by atoms with Crippen LogP contribution in [0.15, 0.2) is 79.4 Å². The van der Waals surface area contributed by atoms with Crippen LogP contribution in [0.1, 0.15) is 10.4 Å². The van der Waals surface area contributed by atoms with Crippen LogP contribution in [0, 0.1) is 0 Å². The minimum atomic E-state index is -0.208. The number of anilines is 1. The van der Waals surface area contributed by atoms with E-state index in [-0.39, 0.29) is 5.91 Å². The summed E-state index contributed by atoms with van der Waals surface area (Å²) >= 11 is 0. The number of hydrogen-bond donors (Lipinski definition) is 1. The van der Waals surface area contributed by atoms with E-state index in [1.165, 1.54) is 0 Å². The first kappa shape index (κ1) is 15.3. The Kier molecular flexibility index (Phi) is 3.43. The third-order valence-corrected chi connectivity index (χ3v) is 4.39. The molecule has 1 N–H and O–H groups in total. The molecule has 0 aliphatic rings. The number of carbonyl (C=O) groups excluding carboxylic acids is 1. The Bertz CT molecular complexity index is 1270. The maximum Gasteiger partial charge on any atom is 0.256 e. The number of imidazole rings is 1. The van der Waals surface area contributed by atoms with Crippen molar-refractivity contribution in [3.05, 3.63) is 84.9 Å². The maximum atomic E-state index is 12.6. The molecule has 0 spiro atoms. The normalized spacial score (nSPS) is 11.1. The van der Waals surface area contributed by atoms with E-state index in [2.05, 4.69) is 20.4 Å². The van der Waals surface area contributed by atoms with E-state index in [4.69, 9.17) is 0 Å². The van der Waals surface area contributed by atoms with Crippen LogP contribution in [-0.4, -0.2) is 30.1 Å². The van der Waals surface area contributed by atoms with Gasteiger partial charge in [0.05, 0.1) is 17.2 Å². The van der Waals surface area contributed by atoms with Crippen LogP contribution in [0.3, 0.4) is 0 Å². The number of amides is 1. The average Bonchev–Trinajstić information content (AvgIpc) is 3.36. The minimum absolute atomic E-state index is 0.208. The highest BCUT2D eigenvalue weighted by atomic mass is 16.1. The molecule has 3 heterocycles. The van der Waals surface area contributed by atoms with E-state index in [1.807, 2.05) is 41.0 Å². The molecule has 7 heteroatoms. The van der Waals surface area contributed by atoms with Crippen molar-refractivity contribution in [2.24, 2.45) is 0 Å². The molecule has 0 unspecified atom stereocenters. The fourth-order valence-corrected chi connectivity index (χ4v) is 3.06. The highest BCUT2D eigenvalue weighted by Crippen LogP contribution is 2.19. The Morgan fingerprint density at radius 1 is 0.889 bits per heavy atom. The smallest absolute Gasteiger partial charge is 0.256 e. The molecule has 130 valence electrons. The molecule has 0 aliphatic heterocycles. The third kappa shape index (κ3) is 2.62. The van der Waals surface area contributed by atoms with Gasteiger partial charge in [0.25, 0.3) is 5.91 Å². The monoisotopic (exact) mass is 354 g/mol. The second-order valence-electron chi connectivity index (χ2n) is 6.04. The van der Waals surface area contributed by atoms with Gasteiger partial charge >= 0.3 is 0 Å². The molecular weight excluding hydrogens is 340 g/mol. The Hall–Kier alpha value is -4.00. The SMILES string of the molecule is O=C(Nc1ccnc2ccnn12)c1ccc(-n2cnc3ccccc32)cc1. The summed E-state index contributed by atoms with van der Waals surface area (Å²) in [5, 5.41) is 7.04. The summed E-state index contributed by atoms with van der Waals surface area (Å²) in [6.45, 7) is 0. The lowest BCUT2D eigenvalue weighted by molar-refractivity contribution is 0.102. The van der Waals surface area contributed by atoms with Gasteiger partial charge in [-0.2, -0.15) is 9.61 Å². The highest BCUT2D eigenvalue weighted by molar-refractivity contribution is 6.04. The van der Waals surface area contributed by atoms with E-state index in [0.717, 1.165) is 16.7 Å². The second kappa shape index (κ2) is 6.06. The van der Waals surface area contributed by atoms with E-state index >= 15 is 0 Å². The average molecular weight is 354 g/mol. The van der Waals surface area contributed by atoms with Gasteiger partial charge in [0.2, 0.25) is 0 Å². The van der Waals surface area contributed by atoms with Gasteiger partial charge in [0.15, 0.2) is 5.65 Å². The van der Waals surface area contributed by atoms with Crippen molar-refractivity contribution in [2.45, 2.75) is 0 Å². The van der Waals surface area contributed by atoms with E-state index in [9.17, 15) is 4.79 Å². The Labute approximate surface area is 153 Å². The first-order valence-corrected chi connectivity index (χ1v) is 8.42. The van der Waals surface area contributed by atoms with Crippen molar-refractivity contribution in [1.82, 2.24) is 24.1 Å². The number of para-hydroxylation sites is 2. The molecule has 7 nitrogen and oxygen atoms in total. The van der Waals surface area contributed by atoms with E-state index in [1.54, 1.807) is 47.5 Å². The molecule has 27 heavy (non-hydrogen) atoms. The van der Waals surface area contributed by atoms with Gasteiger partial charge in [0.1, 0.15) is 12.1 Å². The number of fused-ring (bicyclic) bond motifs is 2. The molecule has 0 radical (unpaired) electrons. The molecule has 5 rings (SSSR count). The summed E-state index contributed by atoms with van der Waals surface area (Å²) < 4.78 is 3.58. The van der Waals surface area contributed by atoms with Crippen molar-refractivity contribution < 1.29 is 4.79 Å². The molecule has 0 atom stereocenters. The Balaban J connectivity index is 1.43. The van der Waals surface area contributed by atoms with Crippen molar-refractivity contribution in [3.8, 4) is 5.69 Å². The molecule has 3 aromatic heterocycles. The van der Waals surface area contributed by atoms with Crippen molar-refractivity contribution >= 4 is 28.4 Å². The molecule has 0 saturated carbocycles. The number of rotatable bonds is 3. The first-order chi connectivity index (χ1) is 13.3. The summed E-state index contributed by atoms with van der Waals surface area (Å²) in [7, 11) is 0. The zero-order chi connectivity index (χ0) is 18.2. The molecular formula is C20H14N6O. The molecule has 0 bridgehead atoms. The Morgan fingerprint density at radius 3 is 2.63 bits per heavy atom. The molecule has 0 saturated heterocycles. The fraction of sp³-hybridized carbons (Fsp3) is 0. The standard InChI is InChI=1S/C20H14N6O/c27-20(24-19-9-11-21-18-10-12-23-26(18)19)14-5-7-15(8-6-14)25-13-22-16-3-1-2-4-17(16)25/h1-13H,(H,24,27). The molecule has 0 aliphatic carbocycles. The van der Waals surface area contributed by atoms with Crippen molar-refractivity contribution in [3.63, 3.8) is 0 Å². The van der Waals surface area contributed by atoms with Crippen LogP contribution in [0.25, 0.3) is 22.4 Å². The number of hydrogen-bond acceptors (Lipinski definition) is 4. The molecule has 1 amide bonds. The number of carbonyl (C=O) groups is 1. The predicted molar refractivity (Wildman–Crippen MR) is 102 cm³/mol. The number of nitrogens with zero attached hydrogens (tertiary/aromatic N) is 5. The van der Waals surface area contributed by atoms with E-state index < -0.39 is 0 Å². The summed E-state index contributed by atoms with van der Waals surface area (Å²) in [5.41, 5.74) is 4.13. The lowest BCUT2D eigenvalue weighted by Gasteiger charge is -2.08. The third-order valence-electron chi connectivity index (χ3n) is 4.39. The lowest BCUT2D eigenvalue weighted by Crippen LogP contribution is -2.15. The van der Waals surface area contributed by atoms with Crippen LogP contribution >= 0.6 is 0 Å². The largest absolute Gasteiger partial charge is 0.306 e. The highest BCUT2D eigenvalue weighted by Gasteiger charge is 2.10. The summed E-state index contributed by atoms with van der Waals surface area (Å²) in [6, 6.07) is 18.8. The van der Waals surface area contributed by atoms with Crippen LogP contribution in [0.2, 0.25) is 0 Å². The van der Waals surface area contributed by atoms with Gasteiger partial charge in [-0.05, 0) is 42.5 Å². The van der Waals surface area contributed by atoms with Gasteiger partial charge < -0.3 is 5.32 Å². The zero-order valence-corrected chi connectivity index (χ0v) is 14.1. The van der Waals surface area contributed by atoms with Crippen LogP contribution in [0.5, 0.6) is 0 Å². The Morgan fingerprint density at radius 2 is 1.74 bits per heavy atom. The van der Waals surface area contributed by atoms with Gasteiger partial charge in [-0.25, -0.2) is 9.97 Å². The summed E-state index contributed by atoms with van der Waals surface area (Å²) in [6.07, 6.45) is 5.06. The van der Waals surface area contributed by atoms with Gasteiger partial charge in [-0.15, -0.1) is 0 Å².